The molecule has 114 valence electrons. The fourth-order valence-corrected chi connectivity index (χ4v) is 3.70. The van der Waals surface area contributed by atoms with Crippen molar-refractivity contribution in [2.75, 3.05) is 11.8 Å². The molecular weight excluding hydrogens is 287 g/mol. The van der Waals surface area contributed by atoms with Crippen LogP contribution in [0.3, 0.4) is 0 Å². The van der Waals surface area contributed by atoms with E-state index in [0.717, 1.165) is 6.42 Å². The standard InChI is InChI=1S/C18H28Cl2/c1-3-4-5-6-7-10-13-18(14-19,15-20)17-12-9-8-11-16(17)2/h8-9,11-12H,3-7,10,13-15H2,1-2H3. The zero-order valence-electron chi connectivity index (χ0n) is 12.9. The molecule has 0 aromatic heterocycles. The number of hydrogen-bond acceptors (Lipinski definition) is 0. The number of halogens is 2. The van der Waals surface area contributed by atoms with Gasteiger partial charge in [-0.1, -0.05) is 69.7 Å². The molecule has 0 heterocycles. The van der Waals surface area contributed by atoms with Crippen molar-refractivity contribution in [1.82, 2.24) is 0 Å². The van der Waals surface area contributed by atoms with Gasteiger partial charge in [-0.3, -0.25) is 0 Å². The molecule has 0 radical (unpaired) electrons. The summed E-state index contributed by atoms with van der Waals surface area (Å²) in [5.74, 6) is 1.21. The zero-order chi connectivity index (χ0) is 14.8. The smallest absolute Gasteiger partial charge is 0.0332 e. The van der Waals surface area contributed by atoms with Gasteiger partial charge in [0.25, 0.3) is 0 Å². The van der Waals surface area contributed by atoms with Crippen LogP contribution in [-0.2, 0) is 5.41 Å². The van der Waals surface area contributed by atoms with Crippen LogP contribution in [0.2, 0.25) is 0 Å². The van der Waals surface area contributed by atoms with Crippen LogP contribution in [0.15, 0.2) is 24.3 Å². The monoisotopic (exact) mass is 314 g/mol. The fraction of sp³-hybridized carbons (Fsp3) is 0.667. The Kier molecular flexibility index (Phi) is 8.64. The largest absolute Gasteiger partial charge is 0.126 e. The first-order valence-corrected chi connectivity index (χ1v) is 8.95. The fourth-order valence-electron chi connectivity index (χ4n) is 2.86. The van der Waals surface area contributed by atoms with E-state index in [1.165, 1.54) is 49.7 Å². The van der Waals surface area contributed by atoms with E-state index in [4.69, 9.17) is 23.2 Å². The van der Waals surface area contributed by atoms with Crippen LogP contribution in [0.5, 0.6) is 0 Å². The minimum absolute atomic E-state index is 0.0563. The summed E-state index contributed by atoms with van der Waals surface area (Å²) in [7, 11) is 0. The normalized spacial score (nSPS) is 11.8. The third-order valence-corrected chi connectivity index (χ3v) is 5.26. The first-order valence-electron chi connectivity index (χ1n) is 7.88. The maximum Gasteiger partial charge on any atom is 0.0332 e. The van der Waals surface area contributed by atoms with Gasteiger partial charge < -0.3 is 0 Å². The van der Waals surface area contributed by atoms with Crippen molar-refractivity contribution in [1.29, 1.82) is 0 Å². The number of unbranched alkanes of at least 4 members (excludes halogenated alkanes) is 5. The molecule has 0 saturated heterocycles. The lowest BCUT2D eigenvalue weighted by molar-refractivity contribution is 0.450. The Hall–Kier alpha value is -0.200. The molecule has 0 saturated carbocycles. The minimum atomic E-state index is -0.0563. The number of rotatable bonds is 10. The summed E-state index contributed by atoms with van der Waals surface area (Å²) in [6.45, 7) is 4.41. The highest BCUT2D eigenvalue weighted by Crippen LogP contribution is 2.35. The van der Waals surface area contributed by atoms with E-state index in [9.17, 15) is 0 Å². The summed E-state index contributed by atoms with van der Waals surface area (Å²) in [4.78, 5) is 0. The molecule has 0 unspecified atom stereocenters. The highest BCUT2D eigenvalue weighted by atomic mass is 35.5. The van der Waals surface area contributed by atoms with Crippen LogP contribution in [0.1, 0.15) is 63.0 Å². The maximum absolute atomic E-state index is 6.31. The van der Waals surface area contributed by atoms with E-state index in [1.807, 2.05) is 0 Å². The van der Waals surface area contributed by atoms with Crippen LogP contribution in [0, 0.1) is 6.92 Å². The van der Waals surface area contributed by atoms with Crippen LogP contribution in [-0.4, -0.2) is 11.8 Å². The van der Waals surface area contributed by atoms with Crippen LogP contribution < -0.4 is 0 Å². The van der Waals surface area contributed by atoms with E-state index in [-0.39, 0.29) is 5.41 Å². The second-order valence-corrected chi connectivity index (χ2v) is 6.41. The Morgan fingerprint density at radius 2 is 1.50 bits per heavy atom. The van der Waals surface area contributed by atoms with Crippen molar-refractivity contribution in [3.63, 3.8) is 0 Å². The second kappa shape index (κ2) is 9.68. The zero-order valence-corrected chi connectivity index (χ0v) is 14.4. The number of aryl methyl sites for hydroxylation is 1. The topological polar surface area (TPSA) is 0 Å². The quantitative estimate of drug-likeness (QED) is 0.343. The van der Waals surface area contributed by atoms with Crippen molar-refractivity contribution >= 4 is 23.2 Å². The van der Waals surface area contributed by atoms with Crippen molar-refractivity contribution in [2.45, 2.75) is 64.2 Å². The molecule has 0 bridgehead atoms. The van der Waals surface area contributed by atoms with E-state index in [2.05, 4.69) is 38.1 Å². The van der Waals surface area contributed by atoms with E-state index in [1.54, 1.807) is 0 Å². The summed E-state index contributed by atoms with van der Waals surface area (Å²) in [6, 6.07) is 8.52. The molecule has 1 rings (SSSR count). The van der Waals surface area contributed by atoms with Gasteiger partial charge in [0, 0.05) is 17.2 Å². The summed E-state index contributed by atoms with van der Waals surface area (Å²) in [5, 5.41) is 0. The van der Waals surface area contributed by atoms with Crippen LogP contribution in [0.4, 0.5) is 0 Å². The molecule has 1 aromatic rings. The Morgan fingerprint density at radius 1 is 0.900 bits per heavy atom. The lowest BCUT2D eigenvalue weighted by Crippen LogP contribution is -2.31. The molecule has 20 heavy (non-hydrogen) atoms. The Bertz CT molecular complexity index is 369. The Balaban J connectivity index is 2.61. The number of benzene rings is 1. The molecule has 0 N–H and O–H groups in total. The number of hydrogen-bond donors (Lipinski definition) is 0. The lowest BCUT2D eigenvalue weighted by Gasteiger charge is -2.32. The summed E-state index contributed by atoms with van der Waals surface area (Å²) >= 11 is 12.6. The molecule has 0 aliphatic rings. The molecule has 0 aliphatic carbocycles. The molecule has 2 heteroatoms. The van der Waals surface area contributed by atoms with Gasteiger partial charge in [0.15, 0.2) is 0 Å². The average Bonchev–Trinajstić information content (AvgIpc) is 2.48. The highest BCUT2D eigenvalue weighted by molar-refractivity contribution is 6.22. The summed E-state index contributed by atoms with van der Waals surface area (Å²) in [5.41, 5.74) is 2.58. The first kappa shape index (κ1) is 17.9. The summed E-state index contributed by atoms with van der Waals surface area (Å²) in [6.07, 6.45) is 8.96. The van der Waals surface area contributed by atoms with Crippen molar-refractivity contribution in [3.8, 4) is 0 Å². The predicted molar refractivity (Wildman–Crippen MR) is 92.3 cm³/mol. The van der Waals surface area contributed by atoms with E-state index in [0.29, 0.717) is 11.8 Å². The Morgan fingerprint density at radius 3 is 2.10 bits per heavy atom. The first-order chi connectivity index (χ1) is 9.70. The summed E-state index contributed by atoms with van der Waals surface area (Å²) < 4.78 is 0. The van der Waals surface area contributed by atoms with E-state index < -0.39 is 0 Å². The third-order valence-electron chi connectivity index (χ3n) is 4.24. The molecule has 0 nitrogen and oxygen atoms in total. The van der Waals surface area contributed by atoms with Gasteiger partial charge in [0.05, 0.1) is 0 Å². The predicted octanol–water partition coefficient (Wildman–Crippen LogP) is 6.46. The minimum Gasteiger partial charge on any atom is -0.126 e. The maximum atomic E-state index is 6.31. The number of alkyl halides is 2. The van der Waals surface area contributed by atoms with Gasteiger partial charge in [-0.05, 0) is 24.5 Å². The second-order valence-electron chi connectivity index (χ2n) is 5.88. The van der Waals surface area contributed by atoms with Gasteiger partial charge in [-0.2, -0.15) is 0 Å². The molecule has 0 aliphatic heterocycles. The van der Waals surface area contributed by atoms with Gasteiger partial charge in [0.1, 0.15) is 0 Å². The molecule has 0 fully saturated rings. The molecule has 1 aromatic carbocycles. The van der Waals surface area contributed by atoms with E-state index >= 15 is 0 Å². The molecule has 0 amide bonds. The molecular formula is C18H28Cl2. The van der Waals surface area contributed by atoms with Gasteiger partial charge >= 0.3 is 0 Å². The van der Waals surface area contributed by atoms with Crippen LogP contribution in [0.25, 0.3) is 0 Å². The SMILES string of the molecule is CCCCCCCCC(CCl)(CCl)c1ccccc1C. The Labute approximate surface area is 134 Å². The molecule has 0 atom stereocenters. The van der Waals surface area contributed by atoms with Crippen molar-refractivity contribution in [2.24, 2.45) is 0 Å². The third kappa shape index (κ3) is 4.97. The van der Waals surface area contributed by atoms with Crippen molar-refractivity contribution < 1.29 is 0 Å². The lowest BCUT2D eigenvalue weighted by atomic mass is 9.77. The van der Waals surface area contributed by atoms with Crippen LogP contribution >= 0.6 is 23.2 Å². The molecule has 0 spiro atoms. The average molecular weight is 315 g/mol. The van der Waals surface area contributed by atoms with Gasteiger partial charge in [0.2, 0.25) is 0 Å². The highest BCUT2D eigenvalue weighted by Gasteiger charge is 2.31. The van der Waals surface area contributed by atoms with Gasteiger partial charge in [-0.25, -0.2) is 0 Å². The van der Waals surface area contributed by atoms with Crippen molar-refractivity contribution in [3.05, 3.63) is 35.4 Å². The van der Waals surface area contributed by atoms with Gasteiger partial charge in [-0.15, -0.1) is 23.2 Å².